The lowest BCUT2D eigenvalue weighted by Gasteiger charge is -2.11. The summed E-state index contributed by atoms with van der Waals surface area (Å²) < 4.78 is 0. The number of carbonyl (C=O) groups is 1. The Kier molecular flexibility index (Phi) is 2.61. The van der Waals surface area contributed by atoms with Crippen LogP contribution in [0.3, 0.4) is 0 Å². The SMILES string of the molecule is O=C1CSC(N[C@H]2C[C@@H]2c2ccccc2)N1. The van der Waals surface area contributed by atoms with Crippen LogP contribution in [0.1, 0.15) is 17.9 Å². The van der Waals surface area contributed by atoms with Gasteiger partial charge in [-0.05, 0) is 12.0 Å². The van der Waals surface area contributed by atoms with Crippen LogP contribution in [0.15, 0.2) is 30.3 Å². The maximum atomic E-state index is 11.0. The van der Waals surface area contributed by atoms with Gasteiger partial charge in [-0.25, -0.2) is 0 Å². The molecule has 16 heavy (non-hydrogen) atoms. The zero-order valence-electron chi connectivity index (χ0n) is 8.85. The minimum Gasteiger partial charge on any atom is -0.331 e. The molecule has 2 fully saturated rings. The Morgan fingerprint density at radius 1 is 1.31 bits per heavy atom. The zero-order chi connectivity index (χ0) is 11.0. The molecule has 1 saturated heterocycles. The van der Waals surface area contributed by atoms with Crippen LogP contribution in [0, 0.1) is 0 Å². The summed E-state index contributed by atoms with van der Waals surface area (Å²) in [7, 11) is 0. The van der Waals surface area contributed by atoms with E-state index in [9.17, 15) is 4.79 Å². The van der Waals surface area contributed by atoms with E-state index < -0.39 is 0 Å². The normalized spacial score (nSPS) is 32.5. The lowest BCUT2D eigenvalue weighted by molar-refractivity contribution is -0.118. The van der Waals surface area contributed by atoms with Crippen molar-refractivity contribution in [2.24, 2.45) is 0 Å². The highest BCUT2D eigenvalue weighted by Gasteiger charge is 2.40. The van der Waals surface area contributed by atoms with Crippen LogP contribution in [0.25, 0.3) is 0 Å². The van der Waals surface area contributed by atoms with Crippen molar-refractivity contribution in [3.63, 3.8) is 0 Å². The van der Waals surface area contributed by atoms with E-state index in [1.54, 1.807) is 11.8 Å². The molecule has 2 aliphatic rings. The Labute approximate surface area is 99.0 Å². The van der Waals surface area contributed by atoms with Crippen LogP contribution in [0.5, 0.6) is 0 Å². The van der Waals surface area contributed by atoms with Gasteiger partial charge in [-0.15, -0.1) is 11.8 Å². The second-order valence-electron chi connectivity index (χ2n) is 4.28. The number of thioether (sulfide) groups is 1. The zero-order valence-corrected chi connectivity index (χ0v) is 9.67. The Bertz CT molecular complexity index is 395. The Hall–Kier alpha value is -1.00. The number of nitrogens with one attached hydrogen (secondary N) is 2. The predicted octanol–water partition coefficient (Wildman–Crippen LogP) is 1.28. The number of hydrogen-bond donors (Lipinski definition) is 2. The van der Waals surface area contributed by atoms with Gasteiger partial charge in [0.15, 0.2) is 0 Å². The van der Waals surface area contributed by atoms with E-state index in [0.29, 0.717) is 17.7 Å². The maximum Gasteiger partial charge on any atom is 0.231 e. The maximum absolute atomic E-state index is 11.0. The van der Waals surface area contributed by atoms with Gasteiger partial charge in [-0.1, -0.05) is 30.3 Å². The van der Waals surface area contributed by atoms with E-state index in [2.05, 4.69) is 34.9 Å². The molecule has 1 heterocycles. The molecule has 3 nitrogen and oxygen atoms in total. The molecular formula is C12H14N2OS. The molecule has 1 amide bonds. The number of hydrogen-bond acceptors (Lipinski definition) is 3. The van der Waals surface area contributed by atoms with Crippen molar-refractivity contribution in [2.75, 3.05) is 5.75 Å². The third-order valence-electron chi connectivity index (χ3n) is 3.06. The highest BCUT2D eigenvalue weighted by atomic mass is 32.2. The van der Waals surface area contributed by atoms with E-state index in [1.165, 1.54) is 12.0 Å². The van der Waals surface area contributed by atoms with E-state index in [4.69, 9.17) is 0 Å². The summed E-state index contributed by atoms with van der Waals surface area (Å²) in [5, 5.41) is 6.37. The molecule has 1 aromatic rings. The van der Waals surface area contributed by atoms with Crippen LogP contribution in [-0.4, -0.2) is 23.2 Å². The Balaban J connectivity index is 1.55. The van der Waals surface area contributed by atoms with Crippen molar-refractivity contribution >= 4 is 17.7 Å². The molecule has 1 aromatic carbocycles. The van der Waals surface area contributed by atoms with Crippen molar-refractivity contribution in [3.05, 3.63) is 35.9 Å². The summed E-state index contributed by atoms with van der Waals surface area (Å²) in [5.74, 6) is 1.35. The first-order valence-corrected chi connectivity index (χ1v) is 6.60. The molecule has 3 atom stereocenters. The van der Waals surface area contributed by atoms with Crippen LogP contribution in [0.2, 0.25) is 0 Å². The quantitative estimate of drug-likeness (QED) is 0.828. The molecule has 2 N–H and O–H groups in total. The molecule has 1 aliphatic heterocycles. The fraction of sp³-hybridized carbons (Fsp3) is 0.417. The van der Waals surface area contributed by atoms with Gasteiger partial charge in [0.1, 0.15) is 5.50 Å². The van der Waals surface area contributed by atoms with Crippen molar-refractivity contribution < 1.29 is 4.79 Å². The van der Waals surface area contributed by atoms with Gasteiger partial charge in [-0.2, -0.15) is 0 Å². The fourth-order valence-electron chi connectivity index (χ4n) is 2.12. The van der Waals surface area contributed by atoms with E-state index >= 15 is 0 Å². The molecule has 0 radical (unpaired) electrons. The summed E-state index contributed by atoms with van der Waals surface area (Å²) >= 11 is 1.64. The summed E-state index contributed by atoms with van der Waals surface area (Å²) in [6.07, 6.45) is 1.18. The molecule has 84 valence electrons. The number of benzene rings is 1. The summed E-state index contributed by atoms with van der Waals surface area (Å²) in [5.41, 5.74) is 1.51. The molecule has 0 bridgehead atoms. The minimum atomic E-state index is 0.117. The van der Waals surface area contributed by atoms with Gasteiger partial charge in [0.05, 0.1) is 5.75 Å². The standard InChI is InChI=1S/C12H14N2OS/c15-11-7-16-12(14-11)13-10-6-9(10)8-4-2-1-3-5-8/h1-5,9-10,12-13H,6-7H2,(H,14,15)/t9-,10+,12?/m1/s1. The van der Waals surface area contributed by atoms with Crippen molar-refractivity contribution in [1.29, 1.82) is 0 Å². The monoisotopic (exact) mass is 234 g/mol. The average Bonchev–Trinajstić information content (AvgIpc) is 2.95. The van der Waals surface area contributed by atoms with Crippen molar-refractivity contribution in [3.8, 4) is 0 Å². The van der Waals surface area contributed by atoms with E-state index in [1.807, 2.05) is 6.07 Å². The largest absolute Gasteiger partial charge is 0.331 e. The van der Waals surface area contributed by atoms with Crippen LogP contribution < -0.4 is 10.6 Å². The first kappa shape index (κ1) is 10.2. The molecular weight excluding hydrogens is 220 g/mol. The molecule has 1 saturated carbocycles. The average molecular weight is 234 g/mol. The highest BCUT2D eigenvalue weighted by Crippen LogP contribution is 2.41. The number of amides is 1. The summed E-state index contributed by atoms with van der Waals surface area (Å²) in [4.78, 5) is 11.0. The Morgan fingerprint density at radius 2 is 2.12 bits per heavy atom. The molecule has 1 unspecified atom stereocenters. The van der Waals surface area contributed by atoms with Crippen LogP contribution in [0.4, 0.5) is 0 Å². The lowest BCUT2D eigenvalue weighted by atomic mass is 10.1. The van der Waals surface area contributed by atoms with Gasteiger partial charge < -0.3 is 5.32 Å². The second-order valence-corrected chi connectivity index (χ2v) is 5.38. The topological polar surface area (TPSA) is 41.1 Å². The Morgan fingerprint density at radius 3 is 2.81 bits per heavy atom. The highest BCUT2D eigenvalue weighted by molar-refractivity contribution is 8.00. The minimum absolute atomic E-state index is 0.117. The van der Waals surface area contributed by atoms with Gasteiger partial charge in [0, 0.05) is 12.0 Å². The van der Waals surface area contributed by atoms with Crippen LogP contribution in [-0.2, 0) is 4.79 Å². The van der Waals surface area contributed by atoms with Gasteiger partial charge in [0.2, 0.25) is 5.91 Å². The molecule has 4 heteroatoms. The molecule has 0 spiro atoms. The first-order chi connectivity index (χ1) is 7.83. The third-order valence-corrected chi connectivity index (χ3v) is 4.07. The number of rotatable bonds is 3. The second kappa shape index (κ2) is 4.11. The van der Waals surface area contributed by atoms with Gasteiger partial charge in [0.25, 0.3) is 0 Å². The van der Waals surface area contributed by atoms with E-state index in [0.717, 1.165) is 0 Å². The smallest absolute Gasteiger partial charge is 0.231 e. The molecule has 1 aliphatic carbocycles. The summed E-state index contributed by atoms with van der Waals surface area (Å²) in [6.45, 7) is 0. The number of carbonyl (C=O) groups excluding carboxylic acids is 1. The van der Waals surface area contributed by atoms with Crippen molar-refractivity contribution in [2.45, 2.75) is 23.9 Å². The third kappa shape index (κ3) is 2.08. The summed E-state index contributed by atoms with van der Waals surface area (Å²) in [6, 6.07) is 11.1. The van der Waals surface area contributed by atoms with Crippen LogP contribution >= 0.6 is 11.8 Å². The molecule has 0 aromatic heterocycles. The molecule has 3 rings (SSSR count). The van der Waals surface area contributed by atoms with Crippen molar-refractivity contribution in [1.82, 2.24) is 10.6 Å². The predicted molar refractivity (Wildman–Crippen MR) is 65.1 cm³/mol. The first-order valence-electron chi connectivity index (χ1n) is 5.55. The van der Waals surface area contributed by atoms with E-state index in [-0.39, 0.29) is 11.4 Å². The van der Waals surface area contributed by atoms with Gasteiger partial charge >= 0.3 is 0 Å². The fourth-order valence-corrected chi connectivity index (χ4v) is 3.01. The lowest BCUT2D eigenvalue weighted by Crippen LogP contribution is -2.39. The van der Waals surface area contributed by atoms with Gasteiger partial charge in [-0.3, -0.25) is 10.1 Å².